The zero-order chi connectivity index (χ0) is 25.2. The van der Waals surface area contributed by atoms with E-state index < -0.39 is 55.8 Å². The van der Waals surface area contributed by atoms with Crippen LogP contribution in [0.25, 0.3) is 11.0 Å². The van der Waals surface area contributed by atoms with Crippen LogP contribution >= 0.6 is 0 Å². The number of pyridine rings is 1. The van der Waals surface area contributed by atoms with Crippen LogP contribution in [-0.2, 0) is 15.9 Å². The molecule has 3 heterocycles. The third kappa shape index (κ3) is 5.77. The number of anilines is 1. The van der Waals surface area contributed by atoms with Gasteiger partial charge in [-0.3, -0.25) is 4.74 Å². The summed E-state index contributed by atoms with van der Waals surface area (Å²) in [5, 5.41) is 11.7. The van der Waals surface area contributed by atoms with Crippen LogP contribution in [0.4, 0.5) is 32.0 Å². The van der Waals surface area contributed by atoms with Crippen molar-refractivity contribution in [1.29, 1.82) is 0 Å². The molecule has 1 aliphatic heterocycles. The number of alkyl halides is 4. The van der Waals surface area contributed by atoms with E-state index in [1.54, 1.807) is 0 Å². The number of aliphatic hydroxyl groups is 1. The van der Waals surface area contributed by atoms with Crippen molar-refractivity contribution in [2.24, 2.45) is 4.99 Å². The number of nitrogens with one attached hydrogen (secondary N) is 2. The van der Waals surface area contributed by atoms with Crippen molar-refractivity contribution in [3.05, 3.63) is 47.8 Å². The molecule has 0 saturated carbocycles. The van der Waals surface area contributed by atoms with Crippen molar-refractivity contribution in [1.82, 2.24) is 9.97 Å². The fourth-order valence-corrected chi connectivity index (χ4v) is 3.29. The number of benzene rings is 1. The zero-order valence-corrected chi connectivity index (χ0v) is 17.8. The fraction of sp³-hybridized carbons (Fsp3) is 0.333. The van der Waals surface area contributed by atoms with Gasteiger partial charge in [-0.25, -0.2) is 23.1 Å². The zero-order valence-electron chi connectivity index (χ0n) is 17.8. The molecule has 0 aliphatic carbocycles. The summed E-state index contributed by atoms with van der Waals surface area (Å²) in [6.07, 6.45) is -2.27. The van der Waals surface area contributed by atoms with Gasteiger partial charge in [0.25, 0.3) is 6.02 Å². The number of aliphatic imine (C=N–C) groups is 1. The number of halogens is 6. The number of aromatic nitrogens is 2. The van der Waals surface area contributed by atoms with Gasteiger partial charge in [-0.15, -0.1) is 13.2 Å². The molecule has 1 aromatic carbocycles. The third-order valence-corrected chi connectivity index (χ3v) is 4.97. The summed E-state index contributed by atoms with van der Waals surface area (Å²) in [6.45, 7) is -2.36. The molecule has 0 bridgehead atoms. The van der Waals surface area contributed by atoms with Crippen molar-refractivity contribution < 1.29 is 45.7 Å². The standard InChI is InChI=1S/C21H18F6N4O4/c22-13-5-12(31-19-30-8-20(24,9-32)10-33-19)6-14(23)17(13)35-15-1-3-28-18-16(15)11(7-29-18)2-4-34-21(25,26)27/h1,3,5-7,32H,2,4,8-10H2,(H,28,29)(H,30,31). The molecule has 14 heteroatoms. The Labute approximate surface area is 193 Å². The van der Waals surface area contributed by atoms with Crippen LogP contribution in [0, 0.1) is 11.6 Å². The molecule has 4 rings (SSSR count). The minimum atomic E-state index is -4.80. The van der Waals surface area contributed by atoms with E-state index in [-0.39, 0.29) is 34.9 Å². The Hall–Kier alpha value is -3.52. The first-order valence-corrected chi connectivity index (χ1v) is 10.1. The molecule has 3 N–H and O–H groups in total. The largest absolute Gasteiger partial charge is 0.522 e. The number of amidine groups is 1. The molecular formula is C21H18F6N4O4. The molecule has 1 atom stereocenters. The Morgan fingerprint density at radius 2 is 1.97 bits per heavy atom. The van der Waals surface area contributed by atoms with Crippen LogP contribution in [0.5, 0.6) is 11.5 Å². The van der Waals surface area contributed by atoms with Gasteiger partial charge in [0.2, 0.25) is 0 Å². The number of nitrogens with zero attached hydrogens (tertiary/aromatic N) is 2. The molecule has 8 nitrogen and oxygen atoms in total. The van der Waals surface area contributed by atoms with E-state index in [0.717, 1.165) is 12.1 Å². The van der Waals surface area contributed by atoms with E-state index in [2.05, 4.69) is 25.0 Å². The first-order valence-electron chi connectivity index (χ1n) is 10.1. The van der Waals surface area contributed by atoms with Gasteiger partial charge in [-0.05, 0) is 18.1 Å². The second kappa shape index (κ2) is 9.62. The highest BCUT2D eigenvalue weighted by molar-refractivity contribution is 5.90. The Morgan fingerprint density at radius 1 is 1.23 bits per heavy atom. The molecule has 0 radical (unpaired) electrons. The number of aliphatic hydroxyl groups excluding tert-OH is 1. The Bertz CT molecular complexity index is 1230. The molecule has 0 amide bonds. The normalized spacial score (nSPS) is 18.3. The maximum Gasteiger partial charge on any atom is 0.522 e. The monoisotopic (exact) mass is 504 g/mol. The topological polar surface area (TPSA) is 101 Å². The van der Waals surface area contributed by atoms with Gasteiger partial charge in [-0.1, -0.05) is 0 Å². The number of aromatic amines is 1. The molecule has 0 saturated heterocycles. The maximum absolute atomic E-state index is 14.7. The molecule has 1 unspecified atom stereocenters. The van der Waals surface area contributed by atoms with Crippen molar-refractivity contribution in [3.63, 3.8) is 0 Å². The molecular weight excluding hydrogens is 486 g/mol. The predicted octanol–water partition coefficient (Wildman–Crippen LogP) is 4.21. The van der Waals surface area contributed by atoms with Gasteiger partial charge >= 0.3 is 6.36 Å². The van der Waals surface area contributed by atoms with Crippen LogP contribution in [0.15, 0.2) is 35.6 Å². The van der Waals surface area contributed by atoms with Gasteiger partial charge < -0.3 is 24.9 Å². The maximum atomic E-state index is 14.7. The molecule has 188 valence electrons. The van der Waals surface area contributed by atoms with Crippen LogP contribution < -0.4 is 10.1 Å². The smallest absolute Gasteiger partial charge is 0.461 e. The first kappa shape index (κ1) is 24.6. The third-order valence-electron chi connectivity index (χ3n) is 4.97. The Kier molecular flexibility index (Phi) is 6.76. The highest BCUT2D eigenvalue weighted by Gasteiger charge is 2.34. The van der Waals surface area contributed by atoms with E-state index in [4.69, 9.17) is 14.6 Å². The lowest BCUT2D eigenvalue weighted by atomic mass is 10.1. The summed E-state index contributed by atoms with van der Waals surface area (Å²) in [6, 6.07) is 2.90. The number of ether oxygens (including phenoxy) is 3. The summed E-state index contributed by atoms with van der Waals surface area (Å²) in [5.41, 5.74) is -1.56. The molecule has 0 spiro atoms. The lowest BCUT2D eigenvalue weighted by molar-refractivity contribution is -0.324. The summed E-state index contributed by atoms with van der Waals surface area (Å²) < 4.78 is 94.5. The number of H-pyrrole nitrogens is 1. The van der Waals surface area contributed by atoms with Crippen LogP contribution in [0.3, 0.4) is 0 Å². The van der Waals surface area contributed by atoms with Crippen molar-refractivity contribution in [2.75, 3.05) is 31.7 Å². The lowest BCUT2D eigenvalue weighted by Crippen LogP contribution is -2.43. The second-order valence-corrected chi connectivity index (χ2v) is 7.61. The number of hydrogen-bond acceptors (Lipinski definition) is 7. The average molecular weight is 504 g/mol. The van der Waals surface area contributed by atoms with Crippen LogP contribution in [-0.4, -0.2) is 59.5 Å². The summed E-state index contributed by atoms with van der Waals surface area (Å²) in [4.78, 5) is 10.6. The van der Waals surface area contributed by atoms with E-state index in [9.17, 15) is 26.3 Å². The average Bonchev–Trinajstić information content (AvgIpc) is 3.21. The van der Waals surface area contributed by atoms with Gasteiger partial charge in [0.05, 0.1) is 25.1 Å². The van der Waals surface area contributed by atoms with Gasteiger partial charge in [0, 0.05) is 30.2 Å². The SMILES string of the molecule is OCC1(F)CN=C(Nc2cc(F)c(Oc3ccnc4[nH]cc(CCOC(F)(F)F)c34)c(F)c2)OC1. The number of hydrogen-bond donors (Lipinski definition) is 3. The summed E-state index contributed by atoms with van der Waals surface area (Å²) >= 11 is 0. The van der Waals surface area contributed by atoms with E-state index >= 15 is 0 Å². The minimum Gasteiger partial charge on any atom is -0.461 e. The molecule has 35 heavy (non-hydrogen) atoms. The minimum absolute atomic E-state index is 0.0416. The molecule has 1 aliphatic rings. The van der Waals surface area contributed by atoms with E-state index in [0.29, 0.717) is 5.56 Å². The Balaban J connectivity index is 1.53. The van der Waals surface area contributed by atoms with Crippen molar-refractivity contribution >= 4 is 22.7 Å². The number of rotatable bonds is 7. The lowest BCUT2D eigenvalue weighted by Gasteiger charge is -2.26. The van der Waals surface area contributed by atoms with E-state index in [1.807, 2.05) is 0 Å². The first-order chi connectivity index (χ1) is 16.6. The molecule has 2 aromatic heterocycles. The van der Waals surface area contributed by atoms with E-state index in [1.165, 1.54) is 18.5 Å². The summed E-state index contributed by atoms with van der Waals surface area (Å²) in [5.74, 6) is -3.03. The van der Waals surface area contributed by atoms with Crippen LogP contribution in [0.2, 0.25) is 0 Å². The summed E-state index contributed by atoms with van der Waals surface area (Å²) in [7, 11) is 0. The second-order valence-electron chi connectivity index (χ2n) is 7.61. The fourth-order valence-electron chi connectivity index (χ4n) is 3.29. The molecule has 3 aromatic rings. The van der Waals surface area contributed by atoms with Gasteiger partial charge in [0.1, 0.15) is 18.0 Å². The van der Waals surface area contributed by atoms with Crippen molar-refractivity contribution in [3.8, 4) is 11.5 Å². The number of fused-ring (bicyclic) bond motifs is 1. The highest BCUT2D eigenvalue weighted by atomic mass is 19.4. The van der Waals surface area contributed by atoms with Gasteiger partial charge in [0.15, 0.2) is 23.1 Å². The Morgan fingerprint density at radius 3 is 2.60 bits per heavy atom. The highest BCUT2D eigenvalue weighted by Crippen LogP contribution is 2.35. The predicted molar refractivity (Wildman–Crippen MR) is 111 cm³/mol. The van der Waals surface area contributed by atoms with Crippen molar-refractivity contribution in [2.45, 2.75) is 18.5 Å². The van der Waals surface area contributed by atoms with Gasteiger partial charge in [-0.2, -0.15) is 0 Å². The molecule has 0 fully saturated rings. The van der Waals surface area contributed by atoms with Crippen LogP contribution in [0.1, 0.15) is 5.56 Å². The quantitative estimate of drug-likeness (QED) is 0.417.